The van der Waals surface area contributed by atoms with E-state index in [1.54, 1.807) is 18.2 Å². The molecule has 114 valence electrons. The van der Waals surface area contributed by atoms with Crippen molar-refractivity contribution in [2.24, 2.45) is 5.16 Å². The van der Waals surface area contributed by atoms with Gasteiger partial charge in [-0.2, -0.15) is 0 Å². The van der Waals surface area contributed by atoms with E-state index in [2.05, 4.69) is 10.5 Å². The molecular weight excluding hydrogens is 323 g/mol. The van der Waals surface area contributed by atoms with E-state index in [9.17, 15) is 4.79 Å². The quantitative estimate of drug-likeness (QED) is 0.622. The van der Waals surface area contributed by atoms with E-state index in [-0.39, 0.29) is 18.9 Å². The van der Waals surface area contributed by atoms with Gasteiger partial charge in [-0.25, -0.2) is 0 Å². The molecule has 1 amide bonds. The predicted molar refractivity (Wildman–Crippen MR) is 89.4 cm³/mol. The summed E-state index contributed by atoms with van der Waals surface area (Å²) in [5, 5.41) is 7.56. The number of para-hydroxylation sites is 1. The van der Waals surface area contributed by atoms with Gasteiger partial charge in [-0.3, -0.25) is 4.79 Å². The van der Waals surface area contributed by atoms with Crippen LogP contribution in [0, 0.1) is 0 Å². The molecule has 0 aliphatic rings. The number of benzene rings is 2. The van der Waals surface area contributed by atoms with Crippen molar-refractivity contribution in [3.63, 3.8) is 0 Å². The van der Waals surface area contributed by atoms with E-state index < -0.39 is 0 Å². The molecule has 0 unspecified atom stereocenters. The molecule has 0 heterocycles. The molecule has 0 aromatic heterocycles. The smallest absolute Gasteiger partial charge is 0.229 e. The highest BCUT2D eigenvalue weighted by molar-refractivity contribution is 6.35. The first-order valence-corrected chi connectivity index (χ1v) is 7.33. The number of anilines is 1. The molecule has 0 atom stereocenters. The average Bonchev–Trinajstić information content (AvgIpc) is 2.50. The zero-order valence-corrected chi connectivity index (χ0v) is 13.1. The number of carbonyl (C=O) groups excluding carboxylic acids is 1. The van der Waals surface area contributed by atoms with Crippen LogP contribution in [0.5, 0.6) is 0 Å². The molecule has 2 aromatic carbocycles. The first-order valence-electron chi connectivity index (χ1n) is 6.58. The molecule has 2 aromatic rings. The maximum absolute atomic E-state index is 11.6. The summed E-state index contributed by atoms with van der Waals surface area (Å²) in [5.74, 6) is -0.164. The Morgan fingerprint density at radius 1 is 1.18 bits per heavy atom. The minimum Gasteiger partial charge on any atom is -0.391 e. The highest BCUT2D eigenvalue weighted by atomic mass is 35.5. The molecule has 22 heavy (non-hydrogen) atoms. The van der Waals surface area contributed by atoms with Crippen LogP contribution in [0.2, 0.25) is 10.0 Å². The van der Waals surface area contributed by atoms with Crippen LogP contribution < -0.4 is 5.32 Å². The van der Waals surface area contributed by atoms with Gasteiger partial charge < -0.3 is 10.2 Å². The Kier molecular flexibility index (Phi) is 6.25. The van der Waals surface area contributed by atoms with Gasteiger partial charge in [0, 0.05) is 21.3 Å². The van der Waals surface area contributed by atoms with E-state index >= 15 is 0 Å². The monoisotopic (exact) mass is 336 g/mol. The Hall–Kier alpha value is -2.04. The van der Waals surface area contributed by atoms with Gasteiger partial charge >= 0.3 is 0 Å². The normalized spacial score (nSPS) is 10.6. The molecular formula is C16H14Cl2N2O2. The molecule has 2 rings (SSSR count). The molecule has 0 aliphatic heterocycles. The number of amides is 1. The second-order valence-electron chi connectivity index (χ2n) is 4.42. The topological polar surface area (TPSA) is 50.7 Å². The Bertz CT molecular complexity index is 660. The number of nitrogens with one attached hydrogen (secondary N) is 1. The van der Waals surface area contributed by atoms with Crippen LogP contribution >= 0.6 is 23.2 Å². The number of hydrogen-bond acceptors (Lipinski definition) is 3. The number of hydrogen-bond donors (Lipinski definition) is 1. The Labute approximate surface area is 138 Å². The van der Waals surface area contributed by atoms with Crippen LogP contribution in [0.15, 0.2) is 53.7 Å². The summed E-state index contributed by atoms with van der Waals surface area (Å²) in [6, 6.07) is 14.3. The highest BCUT2D eigenvalue weighted by Gasteiger charge is 2.02. The second kappa shape index (κ2) is 8.41. The van der Waals surface area contributed by atoms with E-state index in [1.165, 1.54) is 6.21 Å². The van der Waals surface area contributed by atoms with Crippen LogP contribution in [0.4, 0.5) is 5.69 Å². The number of carbonyl (C=O) groups is 1. The van der Waals surface area contributed by atoms with Gasteiger partial charge in [0.05, 0.1) is 12.6 Å². The molecule has 0 radical (unpaired) electrons. The van der Waals surface area contributed by atoms with Gasteiger partial charge in [0.25, 0.3) is 0 Å². The summed E-state index contributed by atoms with van der Waals surface area (Å²) in [6.07, 6.45) is 1.53. The summed E-state index contributed by atoms with van der Waals surface area (Å²) in [7, 11) is 0. The Morgan fingerprint density at radius 2 is 1.95 bits per heavy atom. The van der Waals surface area contributed by atoms with E-state index in [0.29, 0.717) is 10.0 Å². The third-order valence-electron chi connectivity index (χ3n) is 2.72. The van der Waals surface area contributed by atoms with Crippen LogP contribution in [0.25, 0.3) is 0 Å². The van der Waals surface area contributed by atoms with Crippen molar-refractivity contribution in [3.8, 4) is 0 Å². The SMILES string of the molecule is O=C(C/C=N/OCc1ccc(Cl)cc1Cl)Nc1ccccc1. The van der Waals surface area contributed by atoms with E-state index in [4.69, 9.17) is 28.0 Å². The van der Waals surface area contributed by atoms with Crippen LogP contribution in [-0.2, 0) is 16.2 Å². The molecule has 4 nitrogen and oxygen atoms in total. The second-order valence-corrected chi connectivity index (χ2v) is 5.26. The molecule has 0 bridgehead atoms. The first kappa shape index (κ1) is 16.3. The maximum atomic E-state index is 11.6. The average molecular weight is 337 g/mol. The molecule has 0 fully saturated rings. The Balaban J connectivity index is 1.73. The fourth-order valence-corrected chi connectivity index (χ4v) is 2.11. The van der Waals surface area contributed by atoms with Crippen molar-refractivity contribution < 1.29 is 9.63 Å². The third kappa shape index (κ3) is 5.39. The van der Waals surface area contributed by atoms with Gasteiger partial charge in [-0.15, -0.1) is 0 Å². The molecule has 0 spiro atoms. The molecule has 6 heteroatoms. The summed E-state index contributed by atoms with van der Waals surface area (Å²) >= 11 is 11.8. The standard InChI is InChI=1S/C16H14Cl2N2O2/c17-13-7-6-12(15(18)10-13)11-22-19-9-8-16(21)20-14-4-2-1-3-5-14/h1-7,9-10H,8,11H2,(H,20,21)/b19-9+. The summed E-state index contributed by atoms with van der Waals surface area (Å²) in [6.45, 7) is 0.215. The van der Waals surface area contributed by atoms with Gasteiger partial charge in [-0.1, -0.05) is 52.6 Å². The van der Waals surface area contributed by atoms with Gasteiger partial charge in [-0.05, 0) is 24.3 Å². The van der Waals surface area contributed by atoms with Crippen LogP contribution in [0.3, 0.4) is 0 Å². The zero-order valence-electron chi connectivity index (χ0n) is 11.6. The van der Waals surface area contributed by atoms with Crippen LogP contribution in [0.1, 0.15) is 12.0 Å². The van der Waals surface area contributed by atoms with Crippen LogP contribution in [-0.4, -0.2) is 12.1 Å². The largest absolute Gasteiger partial charge is 0.391 e. The van der Waals surface area contributed by atoms with Crippen molar-refractivity contribution in [2.75, 3.05) is 5.32 Å². The number of nitrogens with zero attached hydrogens (tertiary/aromatic N) is 1. The predicted octanol–water partition coefficient (Wildman–Crippen LogP) is 4.52. The number of oxime groups is 1. The van der Waals surface area contributed by atoms with Gasteiger partial charge in [0.2, 0.25) is 5.91 Å². The summed E-state index contributed by atoms with van der Waals surface area (Å²) in [4.78, 5) is 16.7. The minimum atomic E-state index is -0.164. The third-order valence-corrected chi connectivity index (χ3v) is 3.31. The zero-order chi connectivity index (χ0) is 15.8. The molecule has 0 saturated heterocycles. The van der Waals surface area contributed by atoms with E-state index in [1.807, 2.05) is 30.3 Å². The van der Waals surface area contributed by atoms with Crippen molar-refractivity contribution in [1.82, 2.24) is 0 Å². The maximum Gasteiger partial charge on any atom is 0.229 e. The highest BCUT2D eigenvalue weighted by Crippen LogP contribution is 2.21. The van der Waals surface area contributed by atoms with Crippen molar-refractivity contribution in [3.05, 3.63) is 64.1 Å². The Morgan fingerprint density at radius 3 is 2.68 bits per heavy atom. The minimum absolute atomic E-state index is 0.128. The van der Waals surface area contributed by atoms with Crippen molar-refractivity contribution in [1.29, 1.82) is 0 Å². The summed E-state index contributed by atoms with van der Waals surface area (Å²) < 4.78 is 0. The fraction of sp³-hybridized carbons (Fsp3) is 0.125. The van der Waals surface area contributed by atoms with Gasteiger partial charge in [0.1, 0.15) is 6.61 Å². The van der Waals surface area contributed by atoms with Crippen molar-refractivity contribution >= 4 is 41.0 Å². The van der Waals surface area contributed by atoms with Gasteiger partial charge in [0.15, 0.2) is 0 Å². The first-order chi connectivity index (χ1) is 10.6. The number of rotatable bonds is 6. The lowest BCUT2D eigenvalue weighted by atomic mass is 10.2. The lowest BCUT2D eigenvalue weighted by Gasteiger charge is -2.03. The lowest BCUT2D eigenvalue weighted by Crippen LogP contribution is -2.11. The molecule has 0 saturated carbocycles. The fourth-order valence-electron chi connectivity index (χ4n) is 1.65. The molecule has 0 aliphatic carbocycles. The summed E-state index contributed by atoms with van der Waals surface area (Å²) in [5.41, 5.74) is 1.52. The lowest BCUT2D eigenvalue weighted by molar-refractivity contribution is -0.115. The number of halogens is 2. The molecule has 1 N–H and O–H groups in total. The van der Waals surface area contributed by atoms with Crippen molar-refractivity contribution in [2.45, 2.75) is 13.0 Å². The van der Waals surface area contributed by atoms with E-state index in [0.717, 1.165) is 11.3 Å².